The first-order chi connectivity index (χ1) is 6.78. The van der Waals surface area contributed by atoms with Crippen molar-refractivity contribution in [3.05, 3.63) is 0 Å². The largest absolute Gasteiger partial charge is 0.197 e. The molecule has 4 bridgehead atoms. The molecule has 0 aromatic heterocycles. The molecule has 1 atom stereocenters. The van der Waals surface area contributed by atoms with Gasteiger partial charge in [-0.2, -0.15) is 5.26 Å². The summed E-state index contributed by atoms with van der Waals surface area (Å²) in [5.41, 5.74) is 0. The quantitative estimate of drug-likeness (QED) is 0.658. The van der Waals surface area contributed by atoms with Crippen molar-refractivity contribution in [2.45, 2.75) is 36.9 Å². The fourth-order valence-corrected chi connectivity index (χ4v) is 5.39. The zero-order chi connectivity index (χ0) is 9.71. The Morgan fingerprint density at radius 1 is 1.00 bits per heavy atom. The third kappa shape index (κ3) is 1.25. The zero-order valence-electron chi connectivity index (χ0n) is 8.32. The fraction of sp³-hybridized carbons (Fsp3) is 0.917. The average molecular weight is 254 g/mol. The lowest BCUT2D eigenvalue weighted by molar-refractivity contribution is -0.0314. The van der Waals surface area contributed by atoms with Crippen molar-refractivity contribution >= 4 is 15.9 Å². The Morgan fingerprint density at radius 3 is 1.93 bits per heavy atom. The third-order valence-corrected chi connectivity index (χ3v) is 5.58. The number of halogens is 1. The molecule has 4 saturated carbocycles. The minimum Gasteiger partial charge on any atom is -0.197 e. The van der Waals surface area contributed by atoms with Crippen LogP contribution in [0, 0.1) is 40.9 Å². The van der Waals surface area contributed by atoms with E-state index in [1.54, 1.807) is 0 Å². The molecule has 4 aliphatic rings. The summed E-state index contributed by atoms with van der Waals surface area (Å²) in [6.07, 6.45) is 7.17. The second-order valence-corrected chi connectivity index (χ2v) is 6.53. The molecule has 4 rings (SSSR count). The van der Waals surface area contributed by atoms with Crippen LogP contribution in [0.2, 0.25) is 0 Å². The van der Waals surface area contributed by atoms with Crippen LogP contribution in [0.3, 0.4) is 0 Å². The maximum absolute atomic E-state index is 9.02. The van der Waals surface area contributed by atoms with Gasteiger partial charge in [0.2, 0.25) is 0 Å². The summed E-state index contributed by atoms with van der Waals surface area (Å²) < 4.78 is 0. The Hall–Kier alpha value is -0.0300. The molecule has 0 radical (unpaired) electrons. The van der Waals surface area contributed by atoms with Gasteiger partial charge in [-0.05, 0) is 61.7 Å². The third-order valence-electron chi connectivity index (χ3n) is 4.76. The fourth-order valence-electron chi connectivity index (χ4n) is 4.53. The van der Waals surface area contributed by atoms with Gasteiger partial charge in [0, 0.05) is 0 Å². The molecule has 0 saturated heterocycles. The first-order valence-electron chi connectivity index (χ1n) is 5.81. The molecule has 4 aliphatic carbocycles. The monoisotopic (exact) mass is 253 g/mol. The van der Waals surface area contributed by atoms with E-state index in [0.29, 0.717) is 5.92 Å². The summed E-state index contributed by atoms with van der Waals surface area (Å²) >= 11 is 3.57. The number of hydrogen-bond donors (Lipinski definition) is 0. The van der Waals surface area contributed by atoms with Crippen molar-refractivity contribution in [2.24, 2.45) is 29.6 Å². The van der Waals surface area contributed by atoms with Crippen LogP contribution < -0.4 is 0 Å². The summed E-state index contributed by atoms with van der Waals surface area (Å²) in [7, 11) is 0. The van der Waals surface area contributed by atoms with E-state index in [0.717, 1.165) is 23.7 Å². The highest BCUT2D eigenvalue weighted by Crippen LogP contribution is 2.58. The number of nitriles is 1. The summed E-state index contributed by atoms with van der Waals surface area (Å²) in [6, 6.07) is 2.41. The van der Waals surface area contributed by atoms with Crippen LogP contribution in [0.4, 0.5) is 0 Å². The van der Waals surface area contributed by atoms with Crippen molar-refractivity contribution in [3.8, 4) is 6.07 Å². The van der Waals surface area contributed by atoms with E-state index >= 15 is 0 Å². The van der Waals surface area contributed by atoms with Crippen LogP contribution in [0.15, 0.2) is 0 Å². The maximum Gasteiger partial charge on any atom is 0.105 e. The molecule has 0 aliphatic heterocycles. The molecule has 0 N–H and O–H groups in total. The highest BCUT2D eigenvalue weighted by Gasteiger charge is 2.50. The Kier molecular flexibility index (Phi) is 2.13. The predicted molar refractivity (Wildman–Crippen MR) is 58.9 cm³/mol. The molecule has 0 heterocycles. The molecule has 1 nitrogen and oxygen atoms in total. The second-order valence-electron chi connectivity index (χ2n) is 5.54. The molecule has 0 aromatic carbocycles. The van der Waals surface area contributed by atoms with E-state index < -0.39 is 0 Å². The van der Waals surface area contributed by atoms with Gasteiger partial charge in [0.25, 0.3) is 0 Å². The summed E-state index contributed by atoms with van der Waals surface area (Å²) in [4.78, 5) is 0.123. The molecule has 0 amide bonds. The predicted octanol–water partition coefficient (Wildman–Crippen LogP) is 3.35. The van der Waals surface area contributed by atoms with Gasteiger partial charge < -0.3 is 0 Å². The Balaban J connectivity index is 1.85. The van der Waals surface area contributed by atoms with E-state index in [1.807, 2.05) is 0 Å². The molecule has 0 aromatic rings. The van der Waals surface area contributed by atoms with E-state index in [-0.39, 0.29) is 4.83 Å². The average Bonchev–Trinajstić information content (AvgIpc) is 2.15. The molecular weight excluding hydrogens is 238 g/mol. The second kappa shape index (κ2) is 3.23. The van der Waals surface area contributed by atoms with Crippen molar-refractivity contribution in [1.29, 1.82) is 5.26 Å². The number of rotatable bonds is 1. The van der Waals surface area contributed by atoms with Gasteiger partial charge in [-0.1, -0.05) is 15.9 Å². The number of alkyl halides is 1. The summed E-state index contributed by atoms with van der Waals surface area (Å²) in [5.74, 6) is 4.46. The van der Waals surface area contributed by atoms with Gasteiger partial charge in [-0.3, -0.25) is 0 Å². The topological polar surface area (TPSA) is 23.8 Å². The van der Waals surface area contributed by atoms with Gasteiger partial charge >= 0.3 is 0 Å². The lowest BCUT2D eigenvalue weighted by Crippen LogP contribution is -2.47. The smallest absolute Gasteiger partial charge is 0.105 e. The van der Waals surface area contributed by atoms with Crippen molar-refractivity contribution in [1.82, 2.24) is 0 Å². The molecule has 2 heteroatoms. The van der Waals surface area contributed by atoms with Gasteiger partial charge in [0.15, 0.2) is 0 Å². The first kappa shape index (κ1) is 9.21. The van der Waals surface area contributed by atoms with Crippen LogP contribution in [0.25, 0.3) is 0 Å². The van der Waals surface area contributed by atoms with Crippen LogP contribution in [-0.4, -0.2) is 4.83 Å². The summed E-state index contributed by atoms with van der Waals surface area (Å²) in [5, 5.41) is 9.02. The number of hydrogen-bond acceptors (Lipinski definition) is 1. The van der Waals surface area contributed by atoms with E-state index in [1.165, 1.54) is 32.1 Å². The normalized spacial score (nSPS) is 51.6. The SMILES string of the molecule is N#CC(Br)C1C2CC3CC(C2)CC1C3. The highest BCUT2D eigenvalue weighted by molar-refractivity contribution is 9.09. The van der Waals surface area contributed by atoms with Crippen LogP contribution >= 0.6 is 15.9 Å². The van der Waals surface area contributed by atoms with Crippen LogP contribution in [0.1, 0.15) is 32.1 Å². The first-order valence-corrected chi connectivity index (χ1v) is 6.73. The molecule has 0 spiro atoms. The number of nitrogens with zero attached hydrogens (tertiary/aromatic N) is 1. The molecule has 1 unspecified atom stereocenters. The van der Waals surface area contributed by atoms with Gasteiger partial charge in [-0.15, -0.1) is 0 Å². The molecule has 76 valence electrons. The van der Waals surface area contributed by atoms with Crippen LogP contribution in [-0.2, 0) is 0 Å². The van der Waals surface area contributed by atoms with Crippen molar-refractivity contribution < 1.29 is 0 Å². The minimum atomic E-state index is 0.123. The molecule has 4 fully saturated rings. The van der Waals surface area contributed by atoms with Gasteiger partial charge in [0.05, 0.1) is 6.07 Å². The van der Waals surface area contributed by atoms with E-state index in [9.17, 15) is 0 Å². The Labute approximate surface area is 94.0 Å². The standard InChI is InChI=1S/C12H16BrN/c13-11(6-14)12-9-2-7-1-8(4-9)5-10(12)3-7/h7-12H,1-5H2. The maximum atomic E-state index is 9.02. The lowest BCUT2D eigenvalue weighted by Gasteiger charge is -2.54. The van der Waals surface area contributed by atoms with Crippen LogP contribution in [0.5, 0.6) is 0 Å². The van der Waals surface area contributed by atoms with E-state index in [4.69, 9.17) is 5.26 Å². The minimum absolute atomic E-state index is 0.123. The van der Waals surface area contributed by atoms with Gasteiger partial charge in [-0.25, -0.2) is 0 Å². The Morgan fingerprint density at radius 2 is 1.50 bits per heavy atom. The Bertz CT molecular complexity index is 253. The van der Waals surface area contributed by atoms with Crippen molar-refractivity contribution in [3.63, 3.8) is 0 Å². The van der Waals surface area contributed by atoms with Gasteiger partial charge in [0.1, 0.15) is 4.83 Å². The lowest BCUT2D eigenvalue weighted by atomic mass is 9.51. The highest BCUT2D eigenvalue weighted by atomic mass is 79.9. The molecule has 14 heavy (non-hydrogen) atoms. The van der Waals surface area contributed by atoms with Crippen molar-refractivity contribution in [2.75, 3.05) is 0 Å². The summed E-state index contributed by atoms with van der Waals surface area (Å²) in [6.45, 7) is 0. The zero-order valence-corrected chi connectivity index (χ0v) is 9.91. The molecular formula is C12H16BrN. The van der Waals surface area contributed by atoms with E-state index in [2.05, 4.69) is 22.0 Å².